The molecule has 0 aromatic heterocycles. The van der Waals surface area contributed by atoms with Crippen molar-refractivity contribution in [2.75, 3.05) is 7.05 Å². The van der Waals surface area contributed by atoms with E-state index in [4.69, 9.17) is 4.74 Å². The minimum Gasteiger partial charge on any atom is -0.490 e. The fourth-order valence-electron chi connectivity index (χ4n) is 2.73. The van der Waals surface area contributed by atoms with Crippen molar-refractivity contribution >= 4 is 0 Å². The van der Waals surface area contributed by atoms with E-state index in [-0.39, 0.29) is 17.3 Å². The maximum Gasteiger partial charge on any atom is 0.129 e. The average molecular weight is 251 g/mol. The third-order valence-electron chi connectivity index (χ3n) is 4.51. The predicted molar refractivity (Wildman–Crippen MR) is 71.4 cm³/mol. The lowest BCUT2D eigenvalue weighted by atomic mass is 9.61. The number of nitrogens with one attached hydrogen (secondary N) is 1. The summed E-state index contributed by atoms with van der Waals surface area (Å²) in [5, 5.41) is 3.33. The van der Waals surface area contributed by atoms with Gasteiger partial charge in [-0.1, -0.05) is 19.9 Å². The minimum atomic E-state index is -0.199. The number of aryl methyl sites for hydroxylation is 1. The van der Waals surface area contributed by atoms with E-state index in [0.717, 1.165) is 12.8 Å². The zero-order valence-electron chi connectivity index (χ0n) is 11.6. The summed E-state index contributed by atoms with van der Waals surface area (Å²) in [4.78, 5) is 0. The highest BCUT2D eigenvalue weighted by Crippen LogP contribution is 2.45. The number of rotatable bonds is 4. The Bertz CT molecular complexity index is 435. The molecule has 100 valence electrons. The number of benzene rings is 1. The van der Waals surface area contributed by atoms with Crippen LogP contribution in [0, 0.1) is 18.2 Å². The summed E-state index contributed by atoms with van der Waals surface area (Å²) in [6.45, 7) is 6.16. The van der Waals surface area contributed by atoms with E-state index in [2.05, 4.69) is 19.2 Å². The highest BCUT2D eigenvalue weighted by atomic mass is 19.1. The second-order valence-electron chi connectivity index (χ2n) is 5.45. The van der Waals surface area contributed by atoms with Crippen LogP contribution in [0.15, 0.2) is 18.2 Å². The summed E-state index contributed by atoms with van der Waals surface area (Å²) in [5.74, 6) is 0.438. The second kappa shape index (κ2) is 4.88. The van der Waals surface area contributed by atoms with Gasteiger partial charge in [0.25, 0.3) is 0 Å². The predicted octanol–water partition coefficient (Wildman–Crippen LogP) is 3.29. The Labute approximate surface area is 109 Å². The van der Waals surface area contributed by atoms with Gasteiger partial charge in [0.15, 0.2) is 0 Å². The molecule has 1 saturated carbocycles. The number of hydrogen-bond donors (Lipinski definition) is 1. The van der Waals surface area contributed by atoms with Crippen molar-refractivity contribution in [3.05, 3.63) is 29.6 Å². The summed E-state index contributed by atoms with van der Waals surface area (Å²) in [5.41, 5.74) is 0.790. The van der Waals surface area contributed by atoms with E-state index >= 15 is 0 Å². The van der Waals surface area contributed by atoms with Gasteiger partial charge in [-0.3, -0.25) is 0 Å². The molecule has 1 aliphatic rings. The van der Waals surface area contributed by atoms with Crippen molar-refractivity contribution in [2.24, 2.45) is 5.41 Å². The normalized spacial score (nSPS) is 30.9. The SMILES string of the molecule is CCC1(C)C(NC)CC1Oc1ccc(C)c(F)c1. The molecule has 3 heteroatoms. The van der Waals surface area contributed by atoms with Crippen molar-refractivity contribution in [3.8, 4) is 5.75 Å². The first-order valence-corrected chi connectivity index (χ1v) is 6.61. The molecule has 3 unspecified atom stereocenters. The van der Waals surface area contributed by atoms with E-state index < -0.39 is 0 Å². The lowest BCUT2D eigenvalue weighted by molar-refractivity contribution is -0.0678. The first-order chi connectivity index (χ1) is 8.51. The Morgan fingerprint density at radius 1 is 1.50 bits per heavy atom. The molecule has 0 heterocycles. The van der Waals surface area contributed by atoms with Gasteiger partial charge in [-0.2, -0.15) is 0 Å². The van der Waals surface area contributed by atoms with Crippen LogP contribution >= 0.6 is 0 Å². The summed E-state index contributed by atoms with van der Waals surface area (Å²) in [7, 11) is 1.99. The first kappa shape index (κ1) is 13.3. The summed E-state index contributed by atoms with van der Waals surface area (Å²) >= 11 is 0. The van der Waals surface area contributed by atoms with Crippen molar-refractivity contribution in [2.45, 2.75) is 45.8 Å². The van der Waals surface area contributed by atoms with Gasteiger partial charge in [0.2, 0.25) is 0 Å². The highest BCUT2D eigenvalue weighted by molar-refractivity contribution is 5.29. The van der Waals surface area contributed by atoms with Crippen LogP contribution in [0.25, 0.3) is 0 Å². The molecule has 1 N–H and O–H groups in total. The fraction of sp³-hybridized carbons (Fsp3) is 0.600. The zero-order chi connectivity index (χ0) is 13.3. The standard InChI is InChI=1S/C15H22FNO/c1-5-15(3)13(17-4)9-14(15)18-11-7-6-10(2)12(16)8-11/h6-8,13-14,17H,5,9H2,1-4H3. The lowest BCUT2D eigenvalue weighted by Gasteiger charge is -2.53. The summed E-state index contributed by atoms with van der Waals surface area (Å²) in [6.07, 6.45) is 2.20. The topological polar surface area (TPSA) is 21.3 Å². The molecule has 2 nitrogen and oxygen atoms in total. The van der Waals surface area contributed by atoms with Crippen LogP contribution in [0.2, 0.25) is 0 Å². The molecule has 1 aromatic carbocycles. The Kier molecular flexibility index (Phi) is 3.62. The molecular formula is C15H22FNO. The van der Waals surface area contributed by atoms with Crippen LogP contribution in [0.1, 0.15) is 32.3 Å². The first-order valence-electron chi connectivity index (χ1n) is 6.61. The maximum atomic E-state index is 13.5. The van der Waals surface area contributed by atoms with E-state index in [0.29, 0.717) is 17.4 Å². The molecule has 3 atom stereocenters. The fourth-order valence-corrected chi connectivity index (χ4v) is 2.73. The van der Waals surface area contributed by atoms with E-state index in [1.807, 2.05) is 13.1 Å². The Balaban J connectivity index is 2.08. The summed E-state index contributed by atoms with van der Waals surface area (Å²) in [6, 6.07) is 5.59. The van der Waals surface area contributed by atoms with Crippen molar-refractivity contribution in [3.63, 3.8) is 0 Å². The molecule has 0 amide bonds. The quantitative estimate of drug-likeness (QED) is 0.886. The van der Waals surface area contributed by atoms with E-state index in [1.165, 1.54) is 6.07 Å². The number of halogens is 1. The van der Waals surface area contributed by atoms with Crippen LogP contribution in [0.5, 0.6) is 5.75 Å². The van der Waals surface area contributed by atoms with E-state index in [9.17, 15) is 4.39 Å². The molecule has 1 fully saturated rings. The van der Waals surface area contributed by atoms with Crippen LogP contribution < -0.4 is 10.1 Å². The molecular weight excluding hydrogens is 229 g/mol. The smallest absolute Gasteiger partial charge is 0.129 e. The van der Waals surface area contributed by atoms with Gasteiger partial charge in [-0.15, -0.1) is 0 Å². The van der Waals surface area contributed by atoms with Gasteiger partial charge in [0.1, 0.15) is 17.7 Å². The Morgan fingerprint density at radius 2 is 2.22 bits per heavy atom. The van der Waals surface area contributed by atoms with E-state index in [1.54, 1.807) is 13.0 Å². The molecule has 1 aromatic rings. The maximum absolute atomic E-state index is 13.5. The third kappa shape index (κ3) is 2.12. The van der Waals surface area contributed by atoms with Crippen molar-refractivity contribution in [1.29, 1.82) is 0 Å². The van der Waals surface area contributed by atoms with Crippen LogP contribution in [-0.2, 0) is 0 Å². The van der Waals surface area contributed by atoms with Crippen LogP contribution in [0.3, 0.4) is 0 Å². The van der Waals surface area contributed by atoms with Crippen LogP contribution in [-0.4, -0.2) is 19.2 Å². The molecule has 18 heavy (non-hydrogen) atoms. The molecule has 2 rings (SSSR count). The number of ether oxygens (including phenoxy) is 1. The average Bonchev–Trinajstić information content (AvgIpc) is 2.37. The molecule has 0 aliphatic heterocycles. The summed E-state index contributed by atoms with van der Waals surface area (Å²) < 4.78 is 19.4. The molecule has 0 bridgehead atoms. The lowest BCUT2D eigenvalue weighted by Crippen LogP contribution is -2.62. The molecule has 0 spiro atoms. The largest absolute Gasteiger partial charge is 0.490 e. The van der Waals surface area contributed by atoms with Gasteiger partial charge in [0, 0.05) is 23.9 Å². The Morgan fingerprint density at radius 3 is 2.78 bits per heavy atom. The van der Waals surface area contributed by atoms with Gasteiger partial charge < -0.3 is 10.1 Å². The highest BCUT2D eigenvalue weighted by Gasteiger charge is 2.51. The van der Waals surface area contributed by atoms with Crippen LogP contribution in [0.4, 0.5) is 4.39 Å². The van der Waals surface area contributed by atoms with Crippen molar-refractivity contribution < 1.29 is 9.13 Å². The minimum absolute atomic E-state index is 0.135. The third-order valence-corrected chi connectivity index (χ3v) is 4.51. The second-order valence-corrected chi connectivity index (χ2v) is 5.45. The molecule has 0 saturated heterocycles. The van der Waals surface area contributed by atoms with Gasteiger partial charge in [-0.05, 0) is 32.0 Å². The monoisotopic (exact) mass is 251 g/mol. The molecule has 0 radical (unpaired) electrons. The number of hydrogen-bond acceptors (Lipinski definition) is 2. The van der Waals surface area contributed by atoms with Crippen molar-refractivity contribution in [1.82, 2.24) is 5.32 Å². The van der Waals surface area contributed by atoms with Gasteiger partial charge >= 0.3 is 0 Å². The Hall–Kier alpha value is -1.09. The molecule has 1 aliphatic carbocycles. The van der Waals surface area contributed by atoms with Gasteiger partial charge in [-0.25, -0.2) is 4.39 Å². The zero-order valence-corrected chi connectivity index (χ0v) is 11.6. The van der Waals surface area contributed by atoms with Gasteiger partial charge in [0.05, 0.1) is 0 Å².